The minimum Gasteiger partial charge on any atom is -0.329 e. The third kappa shape index (κ3) is 3.46. The zero-order chi connectivity index (χ0) is 17.9. The van der Waals surface area contributed by atoms with Crippen LogP contribution in [0.3, 0.4) is 0 Å². The largest absolute Gasteiger partial charge is 0.329 e. The highest BCUT2D eigenvalue weighted by atomic mass is 35.5. The van der Waals surface area contributed by atoms with E-state index in [-0.39, 0.29) is 11.9 Å². The van der Waals surface area contributed by atoms with Crippen LogP contribution in [0, 0.1) is 0 Å². The molecule has 3 heterocycles. The second kappa shape index (κ2) is 7.25. The molecule has 26 heavy (non-hydrogen) atoms. The molecule has 1 aliphatic rings. The van der Waals surface area contributed by atoms with Crippen LogP contribution in [0.1, 0.15) is 40.6 Å². The van der Waals surface area contributed by atoms with Crippen molar-refractivity contribution in [3.05, 3.63) is 76.8 Å². The second-order valence-electron chi connectivity index (χ2n) is 6.34. The number of hydrogen-bond donors (Lipinski definition) is 0. The molecule has 7 heteroatoms. The number of nitrogens with zero attached hydrogens (tertiary/aromatic N) is 5. The van der Waals surface area contributed by atoms with Gasteiger partial charge in [0.05, 0.1) is 24.5 Å². The lowest BCUT2D eigenvalue weighted by atomic mass is 10.1. The van der Waals surface area contributed by atoms with E-state index >= 15 is 0 Å². The third-order valence-corrected chi connectivity index (χ3v) is 4.77. The van der Waals surface area contributed by atoms with E-state index in [0.29, 0.717) is 23.8 Å². The zero-order valence-corrected chi connectivity index (χ0v) is 14.9. The fraction of sp³-hybridized carbons (Fsp3) is 0.263. The van der Waals surface area contributed by atoms with Gasteiger partial charge in [0.25, 0.3) is 5.91 Å². The van der Waals surface area contributed by atoms with Crippen molar-refractivity contribution in [1.29, 1.82) is 0 Å². The second-order valence-corrected chi connectivity index (χ2v) is 6.78. The number of halogens is 1. The third-order valence-electron chi connectivity index (χ3n) is 4.53. The predicted octanol–water partition coefficient (Wildman–Crippen LogP) is 3.35. The molecule has 0 bridgehead atoms. The molecule has 0 spiro atoms. The van der Waals surface area contributed by atoms with Crippen LogP contribution in [0.4, 0.5) is 0 Å². The molecule has 1 saturated heterocycles. The number of likely N-dealkylation sites (tertiary alicyclic amines) is 1. The van der Waals surface area contributed by atoms with E-state index in [4.69, 9.17) is 11.6 Å². The molecule has 1 amide bonds. The van der Waals surface area contributed by atoms with Crippen LogP contribution in [0.25, 0.3) is 0 Å². The lowest BCUT2D eigenvalue weighted by Gasteiger charge is -2.23. The van der Waals surface area contributed by atoms with Crippen molar-refractivity contribution in [2.75, 3.05) is 6.54 Å². The summed E-state index contributed by atoms with van der Waals surface area (Å²) in [5.41, 5.74) is 2.29. The zero-order valence-electron chi connectivity index (χ0n) is 14.1. The average Bonchev–Trinajstić information content (AvgIpc) is 3.31. The fourth-order valence-electron chi connectivity index (χ4n) is 3.33. The summed E-state index contributed by atoms with van der Waals surface area (Å²) in [4.78, 5) is 19.2. The Hall–Kier alpha value is -2.73. The molecule has 2 aromatic heterocycles. The van der Waals surface area contributed by atoms with Gasteiger partial charge in [-0.3, -0.25) is 9.78 Å². The summed E-state index contributed by atoms with van der Waals surface area (Å²) in [5.74, 6) is -0.101. The molecule has 1 atom stereocenters. The van der Waals surface area contributed by atoms with E-state index in [9.17, 15) is 4.79 Å². The van der Waals surface area contributed by atoms with Gasteiger partial charge in [0.1, 0.15) is 0 Å². The van der Waals surface area contributed by atoms with Gasteiger partial charge in [-0.1, -0.05) is 35.0 Å². The minimum atomic E-state index is -0.101. The summed E-state index contributed by atoms with van der Waals surface area (Å²) in [6.07, 6.45) is 5.33. The Balaban J connectivity index is 1.51. The van der Waals surface area contributed by atoms with Crippen LogP contribution in [0.2, 0.25) is 5.02 Å². The first kappa shape index (κ1) is 16.7. The molecule has 0 radical (unpaired) electrons. The Bertz CT molecular complexity index is 911. The Kier molecular flexibility index (Phi) is 4.67. The van der Waals surface area contributed by atoms with Crippen LogP contribution in [0.5, 0.6) is 0 Å². The smallest absolute Gasteiger partial charge is 0.276 e. The molecule has 1 aromatic carbocycles. The van der Waals surface area contributed by atoms with Crippen LogP contribution in [-0.4, -0.2) is 37.3 Å². The van der Waals surface area contributed by atoms with Gasteiger partial charge < -0.3 is 4.90 Å². The Morgan fingerprint density at radius 2 is 2.15 bits per heavy atom. The Morgan fingerprint density at radius 1 is 1.23 bits per heavy atom. The van der Waals surface area contributed by atoms with Crippen molar-refractivity contribution in [1.82, 2.24) is 24.9 Å². The summed E-state index contributed by atoms with van der Waals surface area (Å²) >= 11 is 6.02. The summed E-state index contributed by atoms with van der Waals surface area (Å²) in [5, 5.41) is 8.84. The van der Waals surface area contributed by atoms with E-state index in [1.165, 1.54) is 0 Å². The summed E-state index contributed by atoms with van der Waals surface area (Å²) in [7, 11) is 0. The topological polar surface area (TPSA) is 63.9 Å². The van der Waals surface area contributed by atoms with Crippen molar-refractivity contribution >= 4 is 17.5 Å². The molecule has 1 fully saturated rings. The monoisotopic (exact) mass is 367 g/mol. The van der Waals surface area contributed by atoms with Crippen molar-refractivity contribution in [3.63, 3.8) is 0 Å². The van der Waals surface area contributed by atoms with E-state index in [0.717, 1.165) is 24.1 Å². The van der Waals surface area contributed by atoms with Crippen molar-refractivity contribution < 1.29 is 4.79 Å². The van der Waals surface area contributed by atoms with E-state index < -0.39 is 0 Å². The normalized spacial score (nSPS) is 16.8. The van der Waals surface area contributed by atoms with Gasteiger partial charge in [0.15, 0.2) is 5.69 Å². The highest BCUT2D eigenvalue weighted by Crippen LogP contribution is 2.31. The first-order valence-corrected chi connectivity index (χ1v) is 8.95. The molecule has 4 rings (SSSR count). The number of aromatic nitrogens is 4. The SMILES string of the molecule is O=C(c1cn(Cc2cccc(Cl)c2)nn1)N1CCC[C@@H]1c1ccccn1. The molecule has 6 nitrogen and oxygen atoms in total. The first-order chi connectivity index (χ1) is 12.7. The maximum absolute atomic E-state index is 12.9. The Labute approximate surface area is 156 Å². The van der Waals surface area contributed by atoms with E-state index in [1.807, 2.05) is 47.4 Å². The number of carbonyl (C=O) groups excluding carboxylic acids is 1. The quantitative estimate of drug-likeness (QED) is 0.709. The van der Waals surface area contributed by atoms with Gasteiger partial charge in [-0.15, -0.1) is 5.10 Å². The average molecular weight is 368 g/mol. The van der Waals surface area contributed by atoms with E-state index in [2.05, 4.69) is 15.3 Å². The maximum atomic E-state index is 12.9. The van der Waals surface area contributed by atoms with Crippen molar-refractivity contribution in [2.24, 2.45) is 0 Å². The molecule has 0 saturated carbocycles. The predicted molar refractivity (Wildman–Crippen MR) is 97.8 cm³/mol. The number of benzene rings is 1. The highest BCUT2D eigenvalue weighted by molar-refractivity contribution is 6.30. The molecule has 3 aromatic rings. The molecule has 1 aliphatic heterocycles. The van der Waals surface area contributed by atoms with Crippen molar-refractivity contribution in [3.8, 4) is 0 Å². The van der Waals surface area contributed by atoms with Gasteiger partial charge >= 0.3 is 0 Å². The molecule has 0 N–H and O–H groups in total. The number of amides is 1. The maximum Gasteiger partial charge on any atom is 0.276 e. The van der Waals surface area contributed by atoms with Crippen LogP contribution in [-0.2, 0) is 6.54 Å². The van der Waals surface area contributed by atoms with Gasteiger partial charge in [-0.05, 0) is 42.7 Å². The van der Waals surface area contributed by atoms with Gasteiger partial charge in [0, 0.05) is 17.8 Å². The van der Waals surface area contributed by atoms with Crippen molar-refractivity contribution in [2.45, 2.75) is 25.4 Å². The molecule has 0 aliphatic carbocycles. The van der Waals surface area contributed by atoms with Crippen LogP contribution < -0.4 is 0 Å². The molecular formula is C19H18ClN5O. The molecule has 0 unspecified atom stereocenters. The number of pyridine rings is 1. The fourth-order valence-corrected chi connectivity index (χ4v) is 3.55. The number of rotatable bonds is 4. The summed E-state index contributed by atoms with van der Waals surface area (Å²) < 4.78 is 1.66. The molecule has 132 valence electrons. The Morgan fingerprint density at radius 3 is 2.96 bits per heavy atom. The van der Waals surface area contributed by atoms with Gasteiger partial charge in [-0.2, -0.15) is 0 Å². The number of hydrogen-bond acceptors (Lipinski definition) is 4. The standard InChI is InChI=1S/C19H18ClN5O/c20-15-6-3-5-14(11-15)12-24-13-17(22-23-24)19(26)25-10-4-8-18(25)16-7-1-2-9-21-16/h1-3,5-7,9,11,13,18H,4,8,10,12H2/t18-/m1/s1. The van der Waals surface area contributed by atoms with Gasteiger partial charge in [0.2, 0.25) is 0 Å². The highest BCUT2D eigenvalue weighted by Gasteiger charge is 2.32. The first-order valence-electron chi connectivity index (χ1n) is 8.57. The molecular weight excluding hydrogens is 350 g/mol. The minimum absolute atomic E-state index is 0.00165. The lowest BCUT2D eigenvalue weighted by molar-refractivity contribution is 0.0727. The van der Waals surface area contributed by atoms with Gasteiger partial charge in [-0.25, -0.2) is 4.68 Å². The summed E-state index contributed by atoms with van der Waals surface area (Å²) in [6.45, 7) is 1.23. The van der Waals surface area contributed by atoms with E-state index in [1.54, 1.807) is 17.1 Å². The van der Waals surface area contributed by atoms with Crippen LogP contribution >= 0.6 is 11.6 Å². The lowest BCUT2D eigenvalue weighted by Crippen LogP contribution is -2.31. The number of carbonyl (C=O) groups is 1. The van der Waals surface area contributed by atoms with Crippen LogP contribution in [0.15, 0.2) is 54.9 Å². The summed E-state index contributed by atoms with van der Waals surface area (Å²) in [6, 6.07) is 13.4.